The number of fused-ring (bicyclic) bond motifs is 1. The lowest BCUT2D eigenvalue weighted by Gasteiger charge is -2.24. The van der Waals surface area contributed by atoms with Crippen LogP contribution in [0, 0.1) is 0 Å². The second kappa shape index (κ2) is 7.88. The Bertz CT molecular complexity index is 968. The molecule has 0 amide bonds. The largest absolute Gasteiger partial charge is 0.451 e. The van der Waals surface area contributed by atoms with Gasteiger partial charge in [-0.05, 0) is 30.9 Å². The molecule has 5 nitrogen and oxygen atoms in total. The van der Waals surface area contributed by atoms with E-state index >= 15 is 0 Å². The number of halogens is 4. The molecule has 0 spiro atoms. The highest BCUT2D eigenvalue weighted by atomic mass is 35.5. The number of rotatable bonds is 6. The molecule has 3 heterocycles. The highest BCUT2D eigenvalue weighted by Crippen LogP contribution is 2.34. The van der Waals surface area contributed by atoms with Gasteiger partial charge in [-0.25, -0.2) is 25.0 Å². The van der Waals surface area contributed by atoms with Crippen LogP contribution < -0.4 is 0 Å². The van der Waals surface area contributed by atoms with Gasteiger partial charge in [-0.1, -0.05) is 11.6 Å². The molecule has 0 N–H and O–H groups in total. The van der Waals surface area contributed by atoms with Gasteiger partial charge in [0.2, 0.25) is 5.82 Å². The van der Waals surface area contributed by atoms with Crippen molar-refractivity contribution in [2.75, 3.05) is 31.1 Å². The fraction of sp³-hybridized carbons (Fsp3) is 0.389. The molecule has 0 aliphatic heterocycles. The Hall–Kier alpha value is -1.84. The molecule has 0 unspecified atom stereocenters. The zero-order chi connectivity index (χ0) is 20.5. The van der Waals surface area contributed by atoms with Crippen molar-refractivity contribution in [3.63, 3.8) is 0 Å². The number of alkyl halides is 3. The SMILES string of the molecule is CS(C)(C)CCOCn1c(-c2cnc(C(F)(F)F)nc2)cc2c(Cl)ccnc21. The maximum atomic E-state index is 12.7. The van der Waals surface area contributed by atoms with Crippen molar-refractivity contribution in [2.24, 2.45) is 0 Å². The van der Waals surface area contributed by atoms with Gasteiger partial charge in [0.15, 0.2) is 0 Å². The first-order valence-corrected chi connectivity index (χ1v) is 11.7. The van der Waals surface area contributed by atoms with Crippen LogP contribution in [0.2, 0.25) is 5.02 Å². The molecule has 0 saturated carbocycles. The number of pyridine rings is 1. The van der Waals surface area contributed by atoms with Crippen LogP contribution in [0.25, 0.3) is 22.3 Å². The average molecular weight is 433 g/mol. The lowest BCUT2D eigenvalue weighted by Crippen LogP contribution is -2.12. The van der Waals surface area contributed by atoms with E-state index in [1.807, 2.05) is 0 Å². The molecule has 0 atom stereocenters. The molecule has 0 aromatic carbocycles. The molecule has 0 bridgehead atoms. The minimum absolute atomic E-state index is 0.197. The second-order valence-corrected chi connectivity index (χ2v) is 12.1. The summed E-state index contributed by atoms with van der Waals surface area (Å²) < 4.78 is 45.8. The third kappa shape index (κ3) is 4.76. The van der Waals surface area contributed by atoms with E-state index < -0.39 is 22.0 Å². The first kappa shape index (κ1) is 20.9. The molecule has 10 heteroatoms. The Labute approximate surface area is 167 Å². The summed E-state index contributed by atoms with van der Waals surface area (Å²) >= 11 is 6.27. The minimum atomic E-state index is -4.59. The molecule has 0 fully saturated rings. The van der Waals surface area contributed by atoms with Crippen molar-refractivity contribution in [3.8, 4) is 11.3 Å². The first-order valence-electron chi connectivity index (χ1n) is 8.33. The van der Waals surface area contributed by atoms with E-state index in [1.165, 1.54) is 0 Å². The van der Waals surface area contributed by atoms with Gasteiger partial charge < -0.3 is 9.30 Å². The van der Waals surface area contributed by atoms with E-state index in [0.717, 1.165) is 18.1 Å². The van der Waals surface area contributed by atoms with Crippen LogP contribution in [0.4, 0.5) is 13.2 Å². The first-order chi connectivity index (χ1) is 13.1. The number of aromatic nitrogens is 4. The van der Waals surface area contributed by atoms with E-state index in [1.54, 1.807) is 22.9 Å². The van der Waals surface area contributed by atoms with Gasteiger partial charge in [0.05, 0.1) is 17.3 Å². The predicted molar refractivity (Wildman–Crippen MR) is 107 cm³/mol. The molecule has 0 aliphatic rings. The Balaban J connectivity index is 1.96. The molecular weight excluding hydrogens is 413 g/mol. The van der Waals surface area contributed by atoms with E-state index in [9.17, 15) is 13.2 Å². The number of nitrogens with zero attached hydrogens (tertiary/aromatic N) is 4. The lowest BCUT2D eigenvalue weighted by atomic mass is 10.2. The smallest absolute Gasteiger partial charge is 0.360 e. The Morgan fingerprint density at radius 3 is 2.43 bits per heavy atom. The third-order valence-corrected chi connectivity index (χ3v) is 5.73. The molecule has 0 aliphatic carbocycles. The summed E-state index contributed by atoms with van der Waals surface area (Å²) in [5.41, 5.74) is 1.60. The molecule has 3 aromatic rings. The Morgan fingerprint density at radius 2 is 1.82 bits per heavy atom. The van der Waals surface area contributed by atoms with Crippen molar-refractivity contribution in [3.05, 3.63) is 41.6 Å². The maximum absolute atomic E-state index is 12.7. The average Bonchev–Trinajstić information content (AvgIpc) is 2.97. The minimum Gasteiger partial charge on any atom is -0.360 e. The molecule has 0 saturated heterocycles. The van der Waals surface area contributed by atoms with Crippen LogP contribution in [0.5, 0.6) is 0 Å². The third-order valence-electron chi connectivity index (χ3n) is 4.00. The molecule has 152 valence electrons. The Kier molecular flexibility index (Phi) is 5.88. The van der Waals surface area contributed by atoms with Crippen LogP contribution in [-0.4, -0.2) is 50.6 Å². The summed E-state index contributed by atoms with van der Waals surface area (Å²) in [5.74, 6) is -0.237. The molecule has 3 aromatic heterocycles. The van der Waals surface area contributed by atoms with Gasteiger partial charge in [0.1, 0.15) is 12.4 Å². The van der Waals surface area contributed by atoms with Crippen molar-refractivity contribution < 1.29 is 17.9 Å². The van der Waals surface area contributed by atoms with Crippen molar-refractivity contribution in [2.45, 2.75) is 12.9 Å². The topological polar surface area (TPSA) is 52.8 Å². The van der Waals surface area contributed by atoms with E-state index in [-0.39, 0.29) is 6.73 Å². The Morgan fingerprint density at radius 1 is 1.14 bits per heavy atom. The van der Waals surface area contributed by atoms with Gasteiger partial charge in [0, 0.05) is 35.3 Å². The summed E-state index contributed by atoms with van der Waals surface area (Å²) in [6.07, 6.45) is 5.89. The highest BCUT2D eigenvalue weighted by Gasteiger charge is 2.34. The van der Waals surface area contributed by atoms with Gasteiger partial charge in [-0.3, -0.25) is 0 Å². The zero-order valence-corrected chi connectivity index (χ0v) is 17.2. The van der Waals surface area contributed by atoms with Gasteiger partial charge >= 0.3 is 6.18 Å². The standard InChI is InChI=1S/C18H20ClF3N4OS/c1-28(2,3)7-6-27-11-26-15(8-13-14(19)4-5-23-16(13)26)12-9-24-17(25-10-12)18(20,21)22/h4-5,8-10H,6-7,11H2,1-3H3. The fourth-order valence-electron chi connectivity index (χ4n) is 2.56. The monoisotopic (exact) mass is 432 g/mol. The van der Waals surface area contributed by atoms with Gasteiger partial charge in [0.25, 0.3) is 0 Å². The molecule has 28 heavy (non-hydrogen) atoms. The summed E-state index contributed by atoms with van der Waals surface area (Å²) in [5, 5.41) is 1.18. The zero-order valence-electron chi connectivity index (χ0n) is 15.6. The quantitative estimate of drug-likeness (QED) is 0.523. The van der Waals surface area contributed by atoms with Crippen LogP contribution >= 0.6 is 21.6 Å². The van der Waals surface area contributed by atoms with Crippen molar-refractivity contribution in [1.82, 2.24) is 19.5 Å². The van der Waals surface area contributed by atoms with Gasteiger partial charge in [-0.2, -0.15) is 13.2 Å². The number of hydrogen-bond donors (Lipinski definition) is 0. The van der Waals surface area contributed by atoms with Gasteiger partial charge in [-0.15, -0.1) is 0 Å². The summed E-state index contributed by atoms with van der Waals surface area (Å²) in [7, 11) is -0.693. The molecular formula is C18H20ClF3N4OS. The van der Waals surface area contributed by atoms with Crippen LogP contribution in [0.1, 0.15) is 5.82 Å². The molecule has 3 rings (SSSR count). The van der Waals surface area contributed by atoms with E-state index in [0.29, 0.717) is 33.9 Å². The predicted octanol–water partition coefficient (Wildman–Crippen LogP) is 4.83. The number of ether oxygens (including phenoxy) is 1. The van der Waals surface area contributed by atoms with Crippen molar-refractivity contribution >= 4 is 32.7 Å². The van der Waals surface area contributed by atoms with E-state index in [4.69, 9.17) is 16.3 Å². The normalized spacial score (nSPS) is 13.2. The van der Waals surface area contributed by atoms with Crippen LogP contribution in [0.15, 0.2) is 30.7 Å². The highest BCUT2D eigenvalue weighted by molar-refractivity contribution is 8.32. The summed E-state index contributed by atoms with van der Waals surface area (Å²) in [6.45, 7) is 0.769. The second-order valence-electron chi connectivity index (χ2n) is 7.11. The fourth-order valence-corrected chi connectivity index (χ4v) is 3.37. The van der Waals surface area contributed by atoms with Crippen LogP contribution in [0.3, 0.4) is 0 Å². The van der Waals surface area contributed by atoms with Crippen LogP contribution in [-0.2, 0) is 17.6 Å². The van der Waals surface area contributed by atoms with Crippen molar-refractivity contribution in [1.29, 1.82) is 0 Å². The lowest BCUT2D eigenvalue weighted by molar-refractivity contribution is -0.144. The molecule has 0 radical (unpaired) electrons. The van der Waals surface area contributed by atoms with E-state index in [2.05, 4.69) is 33.7 Å². The summed E-state index contributed by atoms with van der Waals surface area (Å²) in [6, 6.07) is 3.42. The summed E-state index contributed by atoms with van der Waals surface area (Å²) in [4.78, 5) is 11.3. The maximum Gasteiger partial charge on any atom is 0.451 e. The number of hydrogen-bond acceptors (Lipinski definition) is 4.